The van der Waals surface area contributed by atoms with Crippen LogP contribution >= 0.6 is 11.6 Å². The first-order valence-corrected chi connectivity index (χ1v) is 6.25. The lowest BCUT2D eigenvalue weighted by atomic mass is 10.1. The molecule has 5 heteroatoms. The molecule has 1 unspecified atom stereocenters. The van der Waals surface area contributed by atoms with Crippen molar-refractivity contribution in [3.63, 3.8) is 0 Å². The Kier molecular flexibility index (Phi) is 2.87. The average molecular weight is 275 g/mol. The number of rotatable bonds is 2. The summed E-state index contributed by atoms with van der Waals surface area (Å²) in [6, 6.07) is 8.83. The third kappa shape index (κ3) is 2.15. The first-order valence-electron chi connectivity index (χ1n) is 5.87. The maximum Gasteiger partial charge on any atom is 0.338 e. The summed E-state index contributed by atoms with van der Waals surface area (Å²) in [7, 11) is 0. The predicted octanol–water partition coefficient (Wildman–Crippen LogP) is 3.20. The molecule has 1 atom stereocenters. The molecular weight excluding hydrogens is 264 g/mol. The summed E-state index contributed by atoms with van der Waals surface area (Å²) in [6.45, 7) is 2.03. The summed E-state index contributed by atoms with van der Waals surface area (Å²) in [5.74, 6) is 0.585. The van der Waals surface area contributed by atoms with E-state index in [1.54, 1.807) is 18.3 Å². The Morgan fingerprint density at radius 1 is 1.37 bits per heavy atom. The van der Waals surface area contributed by atoms with Gasteiger partial charge in [-0.15, -0.1) is 0 Å². The smallest absolute Gasteiger partial charge is 0.338 e. The molecule has 1 aromatic rings. The van der Waals surface area contributed by atoms with E-state index in [1.807, 2.05) is 29.8 Å². The van der Waals surface area contributed by atoms with Crippen molar-refractivity contribution in [1.82, 2.24) is 9.55 Å². The van der Waals surface area contributed by atoms with Gasteiger partial charge in [0.05, 0.1) is 17.8 Å². The molecular formula is C14H11ClN2O2. The highest BCUT2D eigenvalue weighted by atomic mass is 35.5. The van der Waals surface area contributed by atoms with Crippen LogP contribution in [0.15, 0.2) is 51.9 Å². The highest BCUT2D eigenvalue weighted by Gasteiger charge is 2.16. The highest BCUT2D eigenvalue weighted by molar-refractivity contribution is 6.29. The standard InChI is InChI=1S/C14H11ClN2O2/c1-9(10-4-5-13(15)16-8-10)17-6-2-3-12-11(17)7-14(18)19-12/h2-9H,1H3. The van der Waals surface area contributed by atoms with Crippen molar-refractivity contribution in [3.05, 3.63) is 63.9 Å². The second-order valence-electron chi connectivity index (χ2n) is 4.32. The second-order valence-corrected chi connectivity index (χ2v) is 4.71. The largest absolute Gasteiger partial charge is 0.421 e. The lowest BCUT2D eigenvalue weighted by Crippen LogP contribution is -2.09. The summed E-state index contributed by atoms with van der Waals surface area (Å²) in [5, 5.41) is 0.462. The van der Waals surface area contributed by atoms with Crippen molar-refractivity contribution in [3.8, 4) is 11.5 Å². The molecule has 2 aliphatic heterocycles. The van der Waals surface area contributed by atoms with Crippen molar-refractivity contribution in [1.29, 1.82) is 0 Å². The van der Waals surface area contributed by atoms with Crippen LogP contribution in [0.1, 0.15) is 18.5 Å². The second kappa shape index (κ2) is 4.55. The summed E-state index contributed by atoms with van der Waals surface area (Å²) < 4.78 is 7.08. The van der Waals surface area contributed by atoms with E-state index < -0.39 is 0 Å². The fourth-order valence-electron chi connectivity index (χ4n) is 2.13. The molecule has 0 spiro atoms. The van der Waals surface area contributed by atoms with Gasteiger partial charge in [-0.3, -0.25) is 0 Å². The molecule has 0 saturated heterocycles. The van der Waals surface area contributed by atoms with Gasteiger partial charge in [0.15, 0.2) is 5.76 Å². The van der Waals surface area contributed by atoms with Gasteiger partial charge in [-0.25, -0.2) is 9.78 Å². The normalized spacial score (nSPS) is 12.7. The molecule has 0 amide bonds. The molecule has 0 radical (unpaired) electrons. The quantitative estimate of drug-likeness (QED) is 0.674. The molecule has 4 nitrogen and oxygen atoms in total. The molecule has 2 aliphatic rings. The highest BCUT2D eigenvalue weighted by Crippen LogP contribution is 2.27. The number of hydrogen-bond acceptors (Lipinski definition) is 3. The minimum atomic E-state index is -0.337. The molecule has 19 heavy (non-hydrogen) atoms. The first kappa shape index (κ1) is 12.0. The predicted molar refractivity (Wildman–Crippen MR) is 72.7 cm³/mol. The van der Waals surface area contributed by atoms with E-state index in [0.717, 1.165) is 11.3 Å². The molecule has 96 valence electrons. The van der Waals surface area contributed by atoms with Crippen LogP contribution < -0.4 is 5.63 Å². The molecule has 3 heterocycles. The van der Waals surface area contributed by atoms with Crippen molar-refractivity contribution < 1.29 is 4.42 Å². The lowest BCUT2D eigenvalue weighted by molar-refractivity contribution is 0.536. The van der Waals surface area contributed by atoms with Gasteiger partial charge in [-0.2, -0.15) is 0 Å². The van der Waals surface area contributed by atoms with Crippen molar-refractivity contribution in [2.24, 2.45) is 0 Å². The summed E-state index contributed by atoms with van der Waals surface area (Å²) in [4.78, 5) is 15.4. The van der Waals surface area contributed by atoms with E-state index in [-0.39, 0.29) is 11.7 Å². The van der Waals surface area contributed by atoms with Crippen LogP contribution in [0.3, 0.4) is 0 Å². The molecule has 1 aromatic heterocycles. The molecule has 0 aromatic carbocycles. The Bertz CT molecular complexity index is 730. The Hall–Kier alpha value is -2.07. The van der Waals surface area contributed by atoms with Gasteiger partial charge in [0.2, 0.25) is 0 Å². The fourth-order valence-corrected chi connectivity index (χ4v) is 2.24. The zero-order valence-electron chi connectivity index (χ0n) is 10.2. The Morgan fingerprint density at radius 3 is 2.95 bits per heavy atom. The number of aromatic nitrogens is 2. The number of furan rings is 1. The van der Waals surface area contributed by atoms with Crippen LogP contribution in [0.2, 0.25) is 5.15 Å². The minimum Gasteiger partial charge on any atom is -0.421 e. The molecule has 0 fully saturated rings. The minimum absolute atomic E-state index is 0.0328. The summed E-state index contributed by atoms with van der Waals surface area (Å²) >= 11 is 5.79. The van der Waals surface area contributed by atoms with Gasteiger partial charge in [0.25, 0.3) is 0 Å². The van der Waals surface area contributed by atoms with E-state index in [2.05, 4.69) is 4.98 Å². The van der Waals surface area contributed by atoms with Crippen LogP contribution in [-0.4, -0.2) is 9.55 Å². The zero-order chi connectivity index (χ0) is 13.4. The monoisotopic (exact) mass is 274 g/mol. The SMILES string of the molecule is CC(c1ccc(Cl)nc1)n1cccc2oc(=O)cc1-2. The lowest BCUT2D eigenvalue weighted by Gasteiger charge is -2.19. The average Bonchev–Trinajstić information content (AvgIpc) is 2.78. The van der Waals surface area contributed by atoms with E-state index in [0.29, 0.717) is 10.9 Å². The van der Waals surface area contributed by atoms with Crippen molar-refractivity contribution in [2.75, 3.05) is 0 Å². The molecule has 0 aliphatic carbocycles. The van der Waals surface area contributed by atoms with E-state index >= 15 is 0 Å². The van der Waals surface area contributed by atoms with Gasteiger partial charge in [0, 0.05) is 12.4 Å². The van der Waals surface area contributed by atoms with Crippen LogP contribution in [0.5, 0.6) is 0 Å². The fraction of sp³-hybridized carbons (Fsp3) is 0.143. The van der Waals surface area contributed by atoms with Crippen LogP contribution in [0.4, 0.5) is 0 Å². The number of nitrogens with zero attached hydrogens (tertiary/aromatic N) is 2. The zero-order valence-corrected chi connectivity index (χ0v) is 11.0. The maximum absolute atomic E-state index is 11.3. The Labute approximate surface area is 114 Å². The molecule has 0 bridgehead atoms. The van der Waals surface area contributed by atoms with Crippen molar-refractivity contribution in [2.45, 2.75) is 13.0 Å². The van der Waals surface area contributed by atoms with Crippen molar-refractivity contribution >= 4 is 11.6 Å². The first-order chi connectivity index (χ1) is 9.15. The number of halogens is 1. The number of hydrogen-bond donors (Lipinski definition) is 0. The van der Waals surface area contributed by atoms with Gasteiger partial charge < -0.3 is 8.98 Å². The Morgan fingerprint density at radius 2 is 2.21 bits per heavy atom. The van der Waals surface area contributed by atoms with E-state index in [4.69, 9.17) is 16.0 Å². The molecule has 3 rings (SSSR count). The summed E-state index contributed by atoms with van der Waals surface area (Å²) in [5.41, 5.74) is 1.45. The van der Waals surface area contributed by atoms with E-state index in [1.165, 1.54) is 6.07 Å². The van der Waals surface area contributed by atoms with Gasteiger partial charge >= 0.3 is 5.63 Å². The third-order valence-electron chi connectivity index (χ3n) is 3.14. The summed E-state index contributed by atoms with van der Waals surface area (Å²) in [6.07, 6.45) is 3.65. The topological polar surface area (TPSA) is 48.0 Å². The van der Waals surface area contributed by atoms with Crippen LogP contribution in [0.25, 0.3) is 11.5 Å². The molecule has 0 saturated carbocycles. The van der Waals surface area contributed by atoms with Gasteiger partial charge in [-0.05, 0) is 30.7 Å². The van der Waals surface area contributed by atoms with Crippen LogP contribution in [0, 0.1) is 0 Å². The van der Waals surface area contributed by atoms with Gasteiger partial charge in [-0.1, -0.05) is 17.7 Å². The molecule has 0 N–H and O–H groups in total. The van der Waals surface area contributed by atoms with Gasteiger partial charge in [0.1, 0.15) is 5.15 Å². The third-order valence-corrected chi connectivity index (χ3v) is 3.36. The number of fused-ring (bicyclic) bond motifs is 1. The number of pyridine rings is 2. The van der Waals surface area contributed by atoms with Crippen LogP contribution in [-0.2, 0) is 0 Å². The maximum atomic E-state index is 11.3. The Balaban J connectivity index is 2.09. The van der Waals surface area contributed by atoms with E-state index in [9.17, 15) is 4.79 Å².